The van der Waals surface area contributed by atoms with E-state index in [1.54, 1.807) is 18.2 Å². The Bertz CT molecular complexity index is 640. The van der Waals surface area contributed by atoms with E-state index < -0.39 is 23.8 Å². The Hall–Kier alpha value is -2.57. The Morgan fingerprint density at radius 1 is 1.30 bits per heavy atom. The van der Waals surface area contributed by atoms with Gasteiger partial charge >= 0.3 is 5.97 Å². The number of nitrogens with zero attached hydrogens (tertiary/aromatic N) is 3. The Labute approximate surface area is 114 Å². The summed E-state index contributed by atoms with van der Waals surface area (Å²) in [5.74, 6) is -1.97. The molecule has 1 aromatic carbocycles. The summed E-state index contributed by atoms with van der Waals surface area (Å²) in [5, 5.41) is 7.53. The monoisotopic (exact) mass is 273 g/mol. The molecular weight excluding hydrogens is 262 g/mol. The Morgan fingerprint density at radius 3 is 2.75 bits per heavy atom. The molecule has 2 atom stereocenters. The maximum atomic E-state index is 12.3. The van der Waals surface area contributed by atoms with Crippen LogP contribution in [0, 0.1) is 5.92 Å². The fraction of sp³-hybridized carbons (Fsp3) is 0.308. The molecule has 7 heteroatoms. The standard InChI is InChI=1S/C13H11N3O4/c1-20-13(19)7-4-2-3-5-9(7)16-11(17)8-6-14-15-10(8)12(16)18/h2-5,8,10H,6H2,1H3. The molecule has 2 unspecified atom stereocenters. The minimum absolute atomic E-state index is 0.175. The van der Waals surface area contributed by atoms with Crippen LogP contribution in [0.15, 0.2) is 34.5 Å². The van der Waals surface area contributed by atoms with Gasteiger partial charge in [-0.25, -0.2) is 9.69 Å². The van der Waals surface area contributed by atoms with Crippen LogP contribution < -0.4 is 4.90 Å². The van der Waals surface area contributed by atoms with Crippen LogP contribution in [0.3, 0.4) is 0 Å². The van der Waals surface area contributed by atoms with Gasteiger partial charge in [0.15, 0.2) is 6.04 Å². The average molecular weight is 273 g/mol. The highest BCUT2D eigenvalue weighted by molar-refractivity contribution is 6.25. The molecule has 2 amide bonds. The summed E-state index contributed by atoms with van der Waals surface area (Å²) >= 11 is 0. The highest BCUT2D eigenvalue weighted by Crippen LogP contribution is 2.33. The predicted octanol–water partition coefficient (Wildman–Crippen LogP) is 0.797. The van der Waals surface area contributed by atoms with Gasteiger partial charge < -0.3 is 4.74 Å². The number of hydrogen-bond acceptors (Lipinski definition) is 6. The van der Waals surface area contributed by atoms with Gasteiger partial charge in [0.25, 0.3) is 5.91 Å². The molecule has 102 valence electrons. The summed E-state index contributed by atoms with van der Waals surface area (Å²) in [7, 11) is 1.25. The molecule has 20 heavy (non-hydrogen) atoms. The van der Waals surface area contributed by atoms with Crippen LogP contribution in [-0.2, 0) is 14.3 Å². The number of anilines is 1. The number of azo groups is 1. The van der Waals surface area contributed by atoms with Gasteiger partial charge in [0, 0.05) is 0 Å². The molecule has 0 saturated carbocycles. The number of methoxy groups -OCH3 is 1. The summed E-state index contributed by atoms with van der Waals surface area (Å²) in [6.07, 6.45) is 0. The van der Waals surface area contributed by atoms with E-state index in [1.807, 2.05) is 0 Å². The first kappa shape index (κ1) is 12.5. The second-order valence-electron chi connectivity index (χ2n) is 4.51. The van der Waals surface area contributed by atoms with Crippen molar-refractivity contribution in [1.82, 2.24) is 0 Å². The molecule has 1 aromatic rings. The van der Waals surface area contributed by atoms with Crippen LogP contribution in [-0.4, -0.2) is 37.5 Å². The number of benzene rings is 1. The van der Waals surface area contributed by atoms with Gasteiger partial charge in [0.2, 0.25) is 5.91 Å². The predicted molar refractivity (Wildman–Crippen MR) is 67.3 cm³/mol. The minimum atomic E-state index is -0.756. The first-order valence-electron chi connectivity index (χ1n) is 6.07. The first-order chi connectivity index (χ1) is 9.65. The fourth-order valence-electron chi connectivity index (χ4n) is 2.43. The van der Waals surface area contributed by atoms with Crippen LogP contribution in [0.2, 0.25) is 0 Å². The van der Waals surface area contributed by atoms with Gasteiger partial charge in [-0.2, -0.15) is 10.2 Å². The highest BCUT2D eigenvalue weighted by atomic mass is 16.5. The van der Waals surface area contributed by atoms with E-state index in [2.05, 4.69) is 15.0 Å². The molecule has 0 aliphatic carbocycles. The molecule has 2 aliphatic heterocycles. The quantitative estimate of drug-likeness (QED) is 0.588. The number of carbonyl (C=O) groups is 3. The smallest absolute Gasteiger partial charge is 0.339 e. The second-order valence-corrected chi connectivity index (χ2v) is 4.51. The van der Waals surface area contributed by atoms with Gasteiger partial charge in [-0.15, -0.1) is 0 Å². The molecule has 1 fully saturated rings. The summed E-state index contributed by atoms with van der Waals surface area (Å²) in [6.45, 7) is 0.214. The Morgan fingerprint density at radius 2 is 2.05 bits per heavy atom. The number of carbonyl (C=O) groups excluding carboxylic acids is 3. The van der Waals surface area contributed by atoms with Crippen molar-refractivity contribution < 1.29 is 19.1 Å². The summed E-state index contributed by atoms with van der Waals surface area (Å²) < 4.78 is 4.67. The van der Waals surface area contributed by atoms with E-state index in [0.717, 1.165) is 4.90 Å². The topological polar surface area (TPSA) is 88.4 Å². The van der Waals surface area contributed by atoms with E-state index in [1.165, 1.54) is 13.2 Å². The molecule has 2 aliphatic rings. The SMILES string of the molecule is COC(=O)c1ccccc1N1C(=O)C2CN=NC2C1=O. The molecule has 0 N–H and O–H groups in total. The lowest BCUT2D eigenvalue weighted by Crippen LogP contribution is -2.33. The average Bonchev–Trinajstić information content (AvgIpc) is 3.03. The minimum Gasteiger partial charge on any atom is -0.465 e. The van der Waals surface area contributed by atoms with E-state index in [-0.39, 0.29) is 23.7 Å². The molecule has 1 saturated heterocycles. The lowest BCUT2D eigenvalue weighted by molar-refractivity contribution is -0.122. The van der Waals surface area contributed by atoms with Crippen LogP contribution in [0.4, 0.5) is 5.69 Å². The maximum Gasteiger partial charge on any atom is 0.339 e. The number of fused-ring (bicyclic) bond motifs is 1. The van der Waals surface area contributed by atoms with Gasteiger partial charge in [-0.3, -0.25) is 9.59 Å². The maximum absolute atomic E-state index is 12.3. The number of rotatable bonds is 2. The molecule has 0 radical (unpaired) electrons. The zero-order valence-corrected chi connectivity index (χ0v) is 10.6. The fourth-order valence-corrected chi connectivity index (χ4v) is 2.43. The lowest BCUT2D eigenvalue weighted by atomic mass is 10.1. The molecule has 3 rings (SSSR count). The van der Waals surface area contributed by atoms with Crippen LogP contribution in [0.5, 0.6) is 0 Å². The van der Waals surface area contributed by atoms with Gasteiger partial charge in [0.1, 0.15) is 0 Å². The third kappa shape index (κ3) is 1.63. The summed E-state index contributed by atoms with van der Waals surface area (Å²) in [6, 6.07) is 5.59. The lowest BCUT2D eigenvalue weighted by Gasteiger charge is -2.17. The van der Waals surface area contributed by atoms with E-state index >= 15 is 0 Å². The Balaban J connectivity index is 2.06. The normalized spacial score (nSPS) is 24.1. The zero-order valence-electron chi connectivity index (χ0n) is 10.6. The van der Waals surface area contributed by atoms with Crippen molar-refractivity contribution in [1.29, 1.82) is 0 Å². The molecule has 7 nitrogen and oxygen atoms in total. The largest absolute Gasteiger partial charge is 0.465 e. The van der Waals surface area contributed by atoms with Crippen molar-refractivity contribution in [2.24, 2.45) is 16.1 Å². The van der Waals surface area contributed by atoms with Crippen LogP contribution in [0.25, 0.3) is 0 Å². The van der Waals surface area contributed by atoms with E-state index in [9.17, 15) is 14.4 Å². The number of esters is 1. The number of hydrogen-bond donors (Lipinski definition) is 0. The highest BCUT2D eigenvalue weighted by Gasteiger charge is 2.51. The number of ether oxygens (including phenoxy) is 1. The van der Waals surface area contributed by atoms with Crippen molar-refractivity contribution in [2.45, 2.75) is 6.04 Å². The number of imide groups is 1. The van der Waals surface area contributed by atoms with Crippen molar-refractivity contribution in [3.63, 3.8) is 0 Å². The second kappa shape index (κ2) is 4.52. The molecule has 0 bridgehead atoms. The first-order valence-corrected chi connectivity index (χ1v) is 6.07. The van der Waals surface area contributed by atoms with Crippen molar-refractivity contribution >= 4 is 23.5 Å². The van der Waals surface area contributed by atoms with Crippen LogP contribution >= 0.6 is 0 Å². The molecule has 2 heterocycles. The third-order valence-electron chi connectivity index (χ3n) is 3.43. The van der Waals surface area contributed by atoms with E-state index in [0.29, 0.717) is 0 Å². The molecule has 0 aromatic heterocycles. The van der Waals surface area contributed by atoms with Crippen molar-refractivity contribution in [2.75, 3.05) is 18.6 Å². The van der Waals surface area contributed by atoms with Gasteiger partial charge in [0.05, 0.1) is 30.8 Å². The Kier molecular flexibility index (Phi) is 2.81. The van der Waals surface area contributed by atoms with Gasteiger partial charge in [-0.05, 0) is 12.1 Å². The van der Waals surface area contributed by atoms with Crippen molar-refractivity contribution in [3.8, 4) is 0 Å². The number of amides is 2. The van der Waals surface area contributed by atoms with Crippen LogP contribution in [0.1, 0.15) is 10.4 Å². The van der Waals surface area contributed by atoms with E-state index in [4.69, 9.17) is 0 Å². The third-order valence-corrected chi connectivity index (χ3v) is 3.43. The number of para-hydroxylation sites is 1. The molecular formula is C13H11N3O4. The summed E-state index contributed by atoms with van der Waals surface area (Å²) in [5.41, 5.74) is 0.410. The van der Waals surface area contributed by atoms with Gasteiger partial charge in [-0.1, -0.05) is 12.1 Å². The summed E-state index contributed by atoms with van der Waals surface area (Å²) in [4.78, 5) is 37.3. The molecule has 0 spiro atoms. The zero-order chi connectivity index (χ0) is 14.3. The van der Waals surface area contributed by atoms with Crippen molar-refractivity contribution in [3.05, 3.63) is 29.8 Å².